The molecule has 0 aromatic carbocycles. The van der Waals surface area contributed by atoms with E-state index in [1.807, 2.05) is 23.6 Å². The molecule has 4 heteroatoms. The lowest BCUT2D eigenvalue weighted by Crippen LogP contribution is -2.30. The minimum Gasteiger partial charge on any atom is -0.376 e. The SMILES string of the molecule is O=C(/C=C/c1cccs1)NCC1CCCO1. The van der Waals surface area contributed by atoms with Crippen LogP contribution >= 0.6 is 11.3 Å². The predicted molar refractivity (Wildman–Crippen MR) is 65.3 cm³/mol. The van der Waals surface area contributed by atoms with Gasteiger partial charge in [0.25, 0.3) is 0 Å². The van der Waals surface area contributed by atoms with Crippen molar-refractivity contribution in [1.29, 1.82) is 0 Å². The number of ether oxygens (including phenoxy) is 1. The van der Waals surface area contributed by atoms with Gasteiger partial charge < -0.3 is 10.1 Å². The molecule has 86 valence electrons. The van der Waals surface area contributed by atoms with Crippen molar-refractivity contribution < 1.29 is 9.53 Å². The first-order valence-electron chi connectivity index (χ1n) is 5.45. The van der Waals surface area contributed by atoms with Gasteiger partial charge in [-0.05, 0) is 30.4 Å². The van der Waals surface area contributed by atoms with Gasteiger partial charge >= 0.3 is 0 Å². The summed E-state index contributed by atoms with van der Waals surface area (Å²) in [5, 5.41) is 4.83. The van der Waals surface area contributed by atoms with E-state index in [4.69, 9.17) is 4.74 Å². The Morgan fingerprint density at radius 2 is 2.62 bits per heavy atom. The molecule has 1 aromatic heterocycles. The maximum absolute atomic E-state index is 11.4. The highest BCUT2D eigenvalue weighted by molar-refractivity contribution is 7.10. The summed E-state index contributed by atoms with van der Waals surface area (Å²) in [6.07, 6.45) is 5.76. The van der Waals surface area contributed by atoms with Crippen LogP contribution in [0.1, 0.15) is 17.7 Å². The Morgan fingerprint density at radius 3 is 3.31 bits per heavy atom. The molecule has 1 N–H and O–H groups in total. The molecule has 1 saturated heterocycles. The van der Waals surface area contributed by atoms with Crippen LogP contribution in [0.25, 0.3) is 6.08 Å². The summed E-state index contributed by atoms with van der Waals surface area (Å²) in [7, 11) is 0. The molecule has 1 amide bonds. The van der Waals surface area contributed by atoms with Crippen molar-refractivity contribution in [2.75, 3.05) is 13.2 Å². The molecule has 0 radical (unpaired) electrons. The Bertz CT molecular complexity index is 353. The fourth-order valence-corrected chi connectivity index (χ4v) is 2.24. The third kappa shape index (κ3) is 3.47. The summed E-state index contributed by atoms with van der Waals surface area (Å²) in [6.45, 7) is 1.44. The number of thiophene rings is 1. The van der Waals surface area contributed by atoms with Crippen molar-refractivity contribution in [1.82, 2.24) is 5.32 Å². The lowest BCUT2D eigenvalue weighted by molar-refractivity contribution is -0.116. The van der Waals surface area contributed by atoms with Crippen molar-refractivity contribution >= 4 is 23.3 Å². The summed E-state index contributed by atoms with van der Waals surface area (Å²) >= 11 is 1.62. The van der Waals surface area contributed by atoms with E-state index in [1.165, 1.54) is 0 Å². The molecule has 0 spiro atoms. The van der Waals surface area contributed by atoms with Crippen LogP contribution in [0.4, 0.5) is 0 Å². The highest BCUT2D eigenvalue weighted by atomic mass is 32.1. The van der Waals surface area contributed by atoms with Gasteiger partial charge in [0.1, 0.15) is 0 Å². The molecule has 2 heterocycles. The van der Waals surface area contributed by atoms with E-state index < -0.39 is 0 Å². The van der Waals surface area contributed by atoms with E-state index in [0.717, 1.165) is 24.3 Å². The van der Waals surface area contributed by atoms with Gasteiger partial charge in [-0.1, -0.05) is 6.07 Å². The molecule has 16 heavy (non-hydrogen) atoms. The van der Waals surface area contributed by atoms with E-state index in [2.05, 4.69) is 5.32 Å². The first-order valence-corrected chi connectivity index (χ1v) is 6.33. The molecule has 1 aliphatic rings. The topological polar surface area (TPSA) is 38.3 Å². The van der Waals surface area contributed by atoms with Crippen LogP contribution < -0.4 is 5.32 Å². The number of hydrogen-bond acceptors (Lipinski definition) is 3. The highest BCUT2D eigenvalue weighted by Gasteiger charge is 2.15. The lowest BCUT2D eigenvalue weighted by atomic mass is 10.2. The van der Waals surface area contributed by atoms with Crippen LogP contribution in [0, 0.1) is 0 Å². The Morgan fingerprint density at radius 1 is 1.69 bits per heavy atom. The number of nitrogens with one attached hydrogen (secondary N) is 1. The first-order chi connectivity index (χ1) is 7.84. The van der Waals surface area contributed by atoms with Crippen molar-refractivity contribution in [2.45, 2.75) is 18.9 Å². The number of carbonyl (C=O) groups is 1. The van der Waals surface area contributed by atoms with E-state index in [0.29, 0.717) is 6.54 Å². The summed E-state index contributed by atoms with van der Waals surface area (Å²) in [5.41, 5.74) is 0. The van der Waals surface area contributed by atoms with Crippen LogP contribution in [0.3, 0.4) is 0 Å². The number of hydrogen-bond donors (Lipinski definition) is 1. The maximum Gasteiger partial charge on any atom is 0.244 e. The van der Waals surface area contributed by atoms with Gasteiger partial charge in [0.2, 0.25) is 5.91 Å². The average molecular weight is 237 g/mol. The summed E-state index contributed by atoms with van der Waals surface area (Å²) in [5.74, 6) is -0.0519. The lowest BCUT2D eigenvalue weighted by Gasteiger charge is -2.08. The number of rotatable bonds is 4. The highest BCUT2D eigenvalue weighted by Crippen LogP contribution is 2.11. The molecular formula is C12H15NO2S. The third-order valence-electron chi connectivity index (χ3n) is 2.47. The monoisotopic (exact) mass is 237 g/mol. The van der Waals surface area contributed by atoms with Crippen molar-refractivity contribution in [3.8, 4) is 0 Å². The molecular weight excluding hydrogens is 222 g/mol. The van der Waals surface area contributed by atoms with Gasteiger partial charge in [0.05, 0.1) is 6.10 Å². The predicted octanol–water partition coefficient (Wildman–Crippen LogP) is 2.06. The zero-order chi connectivity index (χ0) is 11.2. The van der Waals surface area contributed by atoms with Crippen molar-refractivity contribution in [3.05, 3.63) is 28.5 Å². The average Bonchev–Trinajstić information content (AvgIpc) is 2.96. The molecule has 1 atom stereocenters. The van der Waals surface area contributed by atoms with Crippen LogP contribution in [0.2, 0.25) is 0 Å². The Hall–Kier alpha value is -1.13. The zero-order valence-corrected chi connectivity index (χ0v) is 9.83. The van der Waals surface area contributed by atoms with E-state index in [-0.39, 0.29) is 12.0 Å². The fraction of sp³-hybridized carbons (Fsp3) is 0.417. The van der Waals surface area contributed by atoms with Crippen molar-refractivity contribution in [2.24, 2.45) is 0 Å². The maximum atomic E-state index is 11.4. The van der Waals surface area contributed by atoms with Crippen LogP contribution in [-0.4, -0.2) is 25.2 Å². The summed E-state index contributed by atoms with van der Waals surface area (Å²) < 4.78 is 5.42. The molecule has 0 aliphatic carbocycles. The van der Waals surface area contributed by atoms with Gasteiger partial charge in [-0.15, -0.1) is 11.3 Å². The van der Waals surface area contributed by atoms with Crippen LogP contribution in [-0.2, 0) is 9.53 Å². The minimum atomic E-state index is -0.0519. The molecule has 1 aromatic rings. The second-order valence-corrected chi connectivity index (χ2v) is 4.71. The van der Waals surface area contributed by atoms with Crippen LogP contribution in [0.5, 0.6) is 0 Å². The smallest absolute Gasteiger partial charge is 0.244 e. The van der Waals surface area contributed by atoms with Crippen LogP contribution in [0.15, 0.2) is 23.6 Å². The Balaban J connectivity index is 1.71. The van der Waals surface area contributed by atoms with Gasteiger partial charge in [-0.3, -0.25) is 4.79 Å². The number of carbonyl (C=O) groups excluding carboxylic acids is 1. The van der Waals surface area contributed by atoms with E-state index in [1.54, 1.807) is 17.4 Å². The molecule has 0 saturated carbocycles. The first kappa shape index (κ1) is 11.4. The van der Waals surface area contributed by atoms with Gasteiger partial charge in [0, 0.05) is 24.1 Å². The van der Waals surface area contributed by atoms with Gasteiger partial charge in [-0.2, -0.15) is 0 Å². The molecule has 1 fully saturated rings. The third-order valence-corrected chi connectivity index (χ3v) is 3.31. The zero-order valence-electron chi connectivity index (χ0n) is 9.02. The molecule has 3 nitrogen and oxygen atoms in total. The molecule has 1 aliphatic heterocycles. The second-order valence-electron chi connectivity index (χ2n) is 3.73. The Labute approximate surface area is 99.1 Å². The molecule has 2 rings (SSSR count). The molecule has 0 bridgehead atoms. The minimum absolute atomic E-state index is 0.0519. The summed E-state index contributed by atoms with van der Waals surface area (Å²) in [4.78, 5) is 12.5. The van der Waals surface area contributed by atoms with E-state index >= 15 is 0 Å². The normalized spacial score (nSPS) is 20.4. The van der Waals surface area contributed by atoms with Gasteiger partial charge in [-0.25, -0.2) is 0 Å². The Kier molecular flexibility index (Phi) is 4.13. The standard InChI is InChI=1S/C12H15NO2S/c14-12(6-5-11-4-2-8-16-11)13-9-10-3-1-7-15-10/h2,4-6,8,10H,1,3,7,9H2,(H,13,14)/b6-5+. The number of amides is 1. The molecule has 1 unspecified atom stereocenters. The summed E-state index contributed by atoms with van der Waals surface area (Å²) in [6, 6.07) is 3.95. The quantitative estimate of drug-likeness (QED) is 0.814. The largest absolute Gasteiger partial charge is 0.376 e. The van der Waals surface area contributed by atoms with Gasteiger partial charge in [0.15, 0.2) is 0 Å². The fourth-order valence-electron chi connectivity index (χ4n) is 1.62. The van der Waals surface area contributed by atoms with E-state index in [9.17, 15) is 4.79 Å². The van der Waals surface area contributed by atoms with Crippen molar-refractivity contribution in [3.63, 3.8) is 0 Å². The second kappa shape index (κ2) is 5.82.